The van der Waals surface area contributed by atoms with Crippen LogP contribution in [0.1, 0.15) is 107 Å². The Morgan fingerprint density at radius 1 is 0.955 bits per heavy atom. The number of phenols is 1. The molecular weight excluding hydrogens is 574 g/mol. The van der Waals surface area contributed by atoms with Gasteiger partial charge in [0, 0.05) is 12.5 Å². The van der Waals surface area contributed by atoms with Crippen LogP contribution in [0.2, 0.25) is 5.02 Å². The number of rotatable bonds is 19. The number of hydrogen-bond donors (Lipinski definition) is 3. The molecule has 0 bridgehead atoms. The second-order valence-corrected chi connectivity index (χ2v) is 12.4. The number of amides is 1. The second kappa shape index (κ2) is 17.1. The molecule has 2 unspecified atom stereocenters. The predicted molar refractivity (Wildman–Crippen MR) is 177 cm³/mol. The van der Waals surface area contributed by atoms with Crippen molar-refractivity contribution in [3.63, 3.8) is 0 Å². The van der Waals surface area contributed by atoms with Crippen LogP contribution < -0.4 is 10.1 Å². The van der Waals surface area contributed by atoms with E-state index in [0.717, 1.165) is 36.1 Å². The second-order valence-electron chi connectivity index (χ2n) is 12.0. The Labute approximate surface area is 266 Å². The number of aryl methyl sites for hydroxylation is 1. The maximum Gasteiger partial charge on any atom is 0.261 e. The Morgan fingerprint density at radius 3 is 2.16 bits per heavy atom. The standard InChI is InChI=1S/C35H48ClN5O3/c1-4-5-6-7-8-9-10-11-12-13-14-31(44-30-21-17-28(18-22-30)24-27-15-19-29(42)20-16-27)35(43)37-25(2)23-32-38-34-33(36)26(3)39-41(34)40-32/h15-22,25,31,39,42H,4-14,23-24H2,1-3H3,(H,37,43). The Balaban J connectivity index is 1.31. The molecular formula is C35H48ClN5O3. The highest BCUT2D eigenvalue weighted by Gasteiger charge is 2.23. The van der Waals surface area contributed by atoms with Crippen molar-refractivity contribution < 1.29 is 14.6 Å². The van der Waals surface area contributed by atoms with Crippen LogP contribution in [-0.2, 0) is 17.6 Å². The van der Waals surface area contributed by atoms with Gasteiger partial charge in [-0.05, 0) is 68.5 Å². The number of unbranched alkanes of at least 4 members (excludes halogenated alkanes) is 9. The number of carbonyl (C=O) groups excluding carboxylic acids is 1. The van der Waals surface area contributed by atoms with E-state index in [-0.39, 0.29) is 17.7 Å². The van der Waals surface area contributed by atoms with Gasteiger partial charge in [-0.1, -0.05) is 101 Å². The number of aromatic nitrogens is 4. The van der Waals surface area contributed by atoms with Gasteiger partial charge in [0.05, 0.1) is 5.69 Å². The monoisotopic (exact) mass is 621 g/mol. The van der Waals surface area contributed by atoms with Gasteiger partial charge >= 0.3 is 0 Å². The van der Waals surface area contributed by atoms with Gasteiger partial charge in [0.25, 0.3) is 5.91 Å². The van der Waals surface area contributed by atoms with Crippen molar-refractivity contribution in [2.45, 2.75) is 116 Å². The van der Waals surface area contributed by atoms with Gasteiger partial charge in [0.2, 0.25) is 0 Å². The topological polar surface area (TPSA) is 105 Å². The number of nitrogens with one attached hydrogen (secondary N) is 2. The average molecular weight is 622 g/mol. The summed E-state index contributed by atoms with van der Waals surface area (Å²) >= 11 is 6.31. The number of ether oxygens (including phenoxy) is 1. The molecule has 44 heavy (non-hydrogen) atoms. The molecule has 0 saturated carbocycles. The third-order valence-corrected chi connectivity index (χ3v) is 8.44. The van der Waals surface area contributed by atoms with Gasteiger partial charge in [-0.15, -0.1) is 5.10 Å². The number of benzene rings is 2. The van der Waals surface area contributed by atoms with Crippen LogP contribution in [0, 0.1) is 6.92 Å². The highest BCUT2D eigenvalue weighted by molar-refractivity contribution is 6.34. The number of nitrogens with zero attached hydrogens (tertiary/aromatic N) is 3. The molecule has 2 aromatic heterocycles. The van der Waals surface area contributed by atoms with Gasteiger partial charge in [0.1, 0.15) is 16.5 Å². The molecule has 0 aliphatic carbocycles. The van der Waals surface area contributed by atoms with E-state index in [4.69, 9.17) is 16.3 Å². The lowest BCUT2D eigenvalue weighted by molar-refractivity contribution is -0.129. The number of phenolic OH excluding ortho intramolecular Hbond substituents is 1. The summed E-state index contributed by atoms with van der Waals surface area (Å²) in [5.74, 6) is 1.43. The Bertz CT molecular complexity index is 1430. The quantitative estimate of drug-likeness (QED) is 0.0917. The Morgan fingerprint density at radius 2 is 1.55 bits per heavy atom. The molecule has 0 spiro atoms. The summed E-state index contributed by atoms with van der Waals surface area (Å²) in [5, 5.41) is 20.8. The van der Waals surface area contributed by atoms with Gasteiger partial charge in [-0.3, -0.25) is 9.89 Å². The first-order valence-electron chi connectivity index (χ1n) is 16.3. The van der Waals surface area contributed by atoms with Crippen LogP contribution >= 0.6 is 11.6 Å². The van der Waals surface area contributed by atoms with E-state index in [1.54, 1.807) is 16.8 Å². The Hall–Kier alpha value is -3.52. The zero-order valence-electron chi connectivity index (χ0n) is 26.4. The first-order valence-corrected chi connectivity index (χ1v) is 16.6. The van der Waals surface area contributed by atoms with Crippen LogP contribution in [0.15, 0.2) is 48.5 Å². The third kappa shape index (κ3) is 10.3. The van der Waals surface area contributed by atoms with E-state index < -0.39 is 6.10 Å². The maximum absolute atomic E-state index is 13.5. The third-order valence-electron chi connectivity index (χ3n) is 7.99. The van der Waals surface area contributed by atoms with Gasteiger partial charge in [-0.2, -0.15) is 4.63 Å². The lowest BCUT2D eigenvalue weighted by Crippen LogP contribution is -2.43. The fourth-order valence-electron chi connectivity index (χ4n) is 5.46. The molecule has 2 heterocycles. The number of halogens is 1. The highest BCUT2D eigenvalue weighted by Crippen LogP contribution is 2.22. The van der Waals surface area contributed by atoms with Crippen molar-refractivity contribution in [2.75, 3.05) is 0 Å². The van der Waals surface area contributed by atoms with Crippen LogP contribution in [0.4, 0.5) is 0 Å². The average Bonchev–Trinajstić information content (AvgIpc) is 3.51. The zero-order valence-corrected chi connectivity index (χ0v) is 27.2. The largest absolute Gasteiger partial charge is 0.508 e. The summed E-state index contributed by atoms with van der Waals surface area (Å²) in [7, 11) is 0. The van der Waals surface area contributed by atoms with Gasteiger partial charge in [0.15, 0.2) is 17.6 Å². The molecule has 238 valence electrons. The van der Waals surface area contributed by atoms with Crippen LogP contribution in [0.5, 0.6) is 11.5 Å². The fourth-order valence-corrected chi connectivity index (χ4v) is 5.62. The summed E-state index contributed by atoms with van der Waals surface area (Å²) in [6.07, 6.45) is 13.7. The summed E-state index contributed by atoms with van der Waals surface area (Å²) in [6, 6.07) is 15.0. The minimum Gasteiger partial charge on any atom is -0.508 e. The van der Waals surface area contributed by atoms with Crippen molar-refractivity contribution in [3.05, 3.63) is 76.2 Å². The molecule has 0 fully saturated rings. The molecule has 4 aromatic rings. The highest BCUT2D eigenvalue weighted by atomic mass is 35.5. The smallest absolute Gasteiger partial charge is 0.261 e. The molecule has 0 saturated heterocycles. The SMILES string of the molecule is CCCCCCCCCCCCC(Oc1ccc(Cc2ccc(O)cc2)cc1)C(=O)NC(C)Cc1nc2c(Cl)c(C)[nH]n2n1. The number of aromatic amines is 1. The van der Waals surface area contributed by atoms with E-state index in [1.807, 2.05) is 50.2 Å². The van der Waals surface area contributed by atoms with Crippen LogP contribution in [-0.4, -0.2) is 43.0 Å². The summed E-state index contributed by atoms with van der Waals surface area (Å²) < 4.78 is 7.87. The first kappa shape index (κ1) is 33.4. The van der Waals surface area contributed by atoms with Gasteiger partial charge < -0.3 is 15.2 Å². The molecule has 4 rings (SSSR count). The van der Waals surface area contributed by atoms with E-state index in [1.165, 1.54) is 51.4 Å². The maximum atomic E-state index is 13.5. The molecule has 0 aliphatic heterocycles. The van der Waals surface area contributed by atoms with Crippen LogP contribution in [0.25, 0.3) is 5.65 Å². The number of H-pyrrole nitrogens is 1. The molecule has 2 atom stereocenters. The summed E-state index contributed by atoms with van der Waals surface area (Å²) in [4.78, 5) is 18.0. The lowest BCUT2D eigenvalue weighted by atomic mass is 10.0. The summed E-state index contributed by atoms with van der Waals surface area (Å²) in [5.41, 5.74) is 3.65. The van der Waals surface area contributed by atoms with E-state index in [9.17, 15) is 9.90 Å². The van der Waals surface area contributed by atoms with Crippen LogP contribution in [0.3, 0.4) is 0 Å². The van der Waals surface area contributed by atoms with Gasteiger partial charge in [-0.25, -0.2) is 4.98 Å². The fraction of sp³-hybridized carbons (Fsp3) is 0.514. The minimum atomic E-state index is -0.587. The summed E-state index contributed by atoms with van der Waals surface area (Å²) in [6.45, 7) is 6.08. The molecule has 2 aromatic carbocycles. The predicted octanol–water partition coefficient (Wildman–Crippen LogP) is 8.12. The molecule has 0 aliphatic rings. The molecule has 1 amide bonds. The van der Waals surface area contributed by atoms with Crippen molar-refractivity contribution in [1.82, 2.24) is 25.1 Å². The Kier molecular flexibility index (Phi) is 13.0. The lowest BCUT2D eigenvalue weighted by Gasteiger charge is -2.21. The van der Waals surface area contributed by atoms with Crippen molar-refractivity contribution >= 4 is 23.2 Å². The molecule has 3 N–H and O–H groups in total. The number of hydrogen-bond acceptors (Lipinski definition) is 5. The molecule has 0 radical (unpaired) electrons. The van der Waals surface area contributed by atoms with Crippen molar-refractivity contribution in [2.24, 2.45) is 0 Å². The van der Waals surface area contributed by atoms with E-state index in [2.05, 4.69) is 27.4 Å². The van der Waals surface area contributed by atoms with E-state index in [0.29, 0.717) is 35.1 Å². The van der Waals surface area contributed by atoms with Crippen molar-refractivity contribution in [3.8, 4) is 11.5 Å². The molecule has 8 nitrogen and oxygen atoms in total. The number of aromatic hydroxyl groups is 1. The first-order chi connectivity index (χ1) is 21.3. The molecule has 9 heteroatoms. The zero-order chi connectivity index (χ0) is 31.3. The number of fused-ring (bicyclic) bond motifs is 1. The number of carbonyl (C=O) groups is 1. The van der Waals surface area contributed by atoms with Crippen molar-refractivity contribution in [1.29, 1.82) is 0 Å². The van der Waals surface area contributed by atoms with E-state index >= 15 is 0 Å². The normalized spacial score (nSPS) is 12.8. The minimum absolute atomic E-state index is 0.125.